The summed E-state index contributed by atoms with van der Waals surface area (Å²) in [6.45, 7) is 0.720. The van der Waals surface area contributed by atoms with E-state index in [-0.39, 0.29) is 24.6 Å². The first kappa shape index (κ1) is 18.9. The Labute approximate surface area is 167 Å². The second kappa shape index (κ2) is 8.74. The van der Waals surface area contributed by atoms with E-state index in [9.17, 15) is 9.90 Å². The highest BCUT2D eigenvalue weighted by Crippen LogP contribution is 2.29. The fourth-order valence-corrected chi connectivity index (χ4v) is 4.06. The molecule has 3 N–H and O–H groups in total. The van der Waals surface area contributed by atoms with Crippen LogP contribution >= 0.6 is 11.8 Å². The first-order valence-electron chi connectivity index (χ1n) is 9.16. The standard InChI is InChI=1S/C20H22N4O3S/c25-15(12-27-16-9-5-2-6-10-16)13-28-20-22-18-17(11-21-23-18)19(26)24(20)14-7-3-1-4-8-14/h1-10,15,17-18,21,23,25H,11-13H2. The summed E-state index contributed by atoms with van der Waals surface area (Å²) < 4.78 is 5.60. The Balaban J connectivity index is 1.44. The lowest BCUT2D eigenvalue weighted by molar-refractivity contribution is -0.121. The number of fused-ring (bicyclic) bond motifs is 1. The minimum absolute atomic E-state index is 0.00113. The van der Waals surface area contributed by atoms with E-state index in [1.807, 2.05) is 60.7 Å². The highest BCUT2D eigenvalue weighted by atomic mass is 32.2. The molecule has 0 bridgehead atoms. The van der Waals surface area contributed by atoms with Crippen molar-refractivity contribution >= 4 is 28.5 Å². The molecule has 1 fully saturated rings. The summed E-state index contributed by atoms with van der Waals surface area (Å²) in [6, 6.07) is 18.8. The molecule has 2 heterocycles. The molecule has 4 rings (SSSR count). The number of anilines is 1. The average molecular weight is 398 g/mol. The van der Waals surface area contributed by atoms with Gasteiger partial charge in [0.25, 0.3) is 0 Å². The van der Waals surface area contributed by atoms with Crippen molar-refractivity contribution in [2.24, 2.45) is 10.9 Å². The minimum atomic E-state index is -0.687. The smallest absolute Gasteiger partial charge is 0.241 e. The Kier molecular flexibility index (Phi) is 5.92. The molecule has 0 aliphatic carbocycles. The lowest BCUT2D eigenvalue weighted by atomic mass is 10.1. The van der Waals surface area contributed by atoms with Crippen LogP contribution in [0.25, 0.3) is 0 Å². The topological polar surface area (TPSA) is 86.2 Å². The van der Waals surface area contributed by atoms with Gasteiger partial charge in [0.1, 0.15) is 18.5 Å². The number of para-hydroxylation sites is 2. The molecule has 3 unspecified atom stereocenters. The van der Waals surface area contributed by atoms with Crippen LogP contribution in [-0.2, 0) is 4.79 Å². The van der Waals surface area contributed by atoms with Gasteiger partial charge < -0.3 is 9.84 Å². The zero-order valence-electron chi connectivity index (χ0n) is 15.2. The van der Waals surface area contributed by atoms with Gasteiger partial charge in [-0.25, -0.2) is 10.4 Å². The van der Waals surface area contributed by atoms with E-state index >= 15 is 0 Å². The van der Waals surface area contributed by atoms with Crippen molar-refractivity contribution in [2.45, 2.75) is 12.3 Å². The second-order valence-electron chi connectivity index (χ2n) is 6.59. The Bertz CT molecular complexity index is 834. The van der Waals surface area contributed by atoms with Gasteiger partial charge in [0.05, 0.1) is 17.7 Å². The summed E-state index contributed by atoms with van der Waals surface area (Å²) in [5.41, 5.74) is 6.82. The summed E-state index contributed by atoms with van der Waals surface area (Å²) in [5, 5.41) is 10.9. The molecule has 0 spiro atoms. The van der Waals surface area contributed by atoms with Gasteiger partial charge in [-0.2, -0.15) is 0 Å². The number of carbonyl (C=O) groups excluding carboxylic acids is 1. The minimum Gasteiger partial charge on any atom is -0.491 e. The molecule has 0 saturated carbocycles. The van der Waals surface area contributed by atoms with Crippen molar-refractivity contribution in [2.75, 3.05) is 23.8 Å². The zero-order valence-corrected chi connectivity index (χ0v) is 16.0. The van der Waals surface area contributed by atoms with Crippen LogP contribution in [0, 0.1) is 5.92 Å². The fourth-order valence-electron chi connectivity index (χ4n) is 3.11. The number of benzene rings is 2. The van der Waals surface area contributed by atoms with Crippen LogP contribution in [0.5, 0.6) is 5.75 Å². The average Bonchev–Trinajstić information content (AvgIpc) is 3.21. The van der Waals surface area contributed by atoms with E-state index in [2.05, 4.69) is 10.9 Å². The van der Waals surface area contributed by atoms with Gasteiger partial charge in [-0.15, -0.1) is 0 Å². The second-order valence-corrected chi connectivity index (χ2v) is 7.57. The van der Waals surface area contributed by atoms with Crippen molar-refractivity contribution in [3.05, 3.63) is 60.7 Å². The summed E-state index contributed by atoms with van der Waals surface area (Å²) in [7, 11) is 0. The Morgan fingerprint density at radius 1 is 1.18 bits per heavy atom. The maximum Gasteiger partial charge on any atom is 0.241 e. The van der Waals surface area contributed by atoms with Gasteiger partial charge in [0.2, 0.25) is 5.91 Å². The molecule has 146 valence electrons. The molecule has 28 heavy (non-hydrogen) atoms. The number of aliphatic hydroxyl groups excluding tert-OH is 1. The number of rotatable bonds is 6. The summed E-state index contributed by atoms with van der Waals surface area (Å²) in [5.74, 6) is 0.844. The molecule has 2 aromatic rings. The number of aliphatic hydroxyl groups is 1. The fraction of sp³-hybridized carbons (Fsp3) is 0.300. The molecule has 0 aromatic heterocycles. The third-order valence-corrected chi connectivity index (χ3v) is 5.63. The quantitative estimate of drug-likeness (QED) is 0.686. The third kappa shape index (κ3) is 4.20. The van der Waals surface area contributed by atoms with Crippen molar-refractivity contribution in [3.63, 3.8) is 0 Å². The number of thioether (sulfide) groups is 1. The van der Waals surface area contributed by atoms with Crippen LogP contribution in [-0.4, -0.2) is 47.4 Å². The maximum atomic E-state index is 13.0. The number of carbonyl (C=O) groups is 1. The van der Waals surface area contributed by atoms with Gasteiger partial charge >= 0.3 is 0 Å². The molecular formula is C20H22N4O3S. The predicted molar refractivity (Wildman–Crippen MR) is 110 cm³/mol. The highest BCUT2D eigenvalue weighted by molar-refractivity contribution is 8.14. The highest BCUT2D eigenvalue weighted by Gasteiger charge is 2.42. The number of nitrogens with zero attached hydrogens (tertiary/aromatic N) is 2. The van der Waals surface area contributed by atoms with Crippen molar-refractivity contribution in [3.8, 4) is 5.75 Å². The number of amidine groups is 1. The van der Waals surface area contributed by atoms with Crippen LogP contribution in [0.3, 0.4) is 0 Å². The first-order valence-corrected chi connectivity index (χ1v) is 10.1. The number of hydrogen-bond acceptors (Lipinski definition) is 7. The number of ether oxygens (including phenoxy) is 1. The number of hydrogen-bond donors (Lipinski definition) is 3. The summed E-state index contributed by atoms with van der Waals surface area (Å²) in [6.07, 6.45) is -0.972. The van der Waals surface area contributed by atoms with Gasteiger partial charge in [0.15, 0.2) is 5.17 Å². The molecule has 1 saturated heterocycles. The van der Waals surface area contributed by atoms with Gasteiger partial charge in [-0.1, -0.05) is 48.2 Å². The lowest BCUT2D eigenvalue weighted by Crippen LogP contribution is -2.49. The Morgan fingerprint density at radius 3 is 2.64 bits per heavy atom. The van der Waals surface area contributed by atoms with E-state index in [1.165, 1.54) is 11.8 Å². The van der Waals surface area contributed by atoms with Crippen molar-refractivity contribution in [1.29, 1.82) is 0 Å². The number of hydrazine groups is 1. The SMILES string of the molecule is O=C1C2CNNC2N=C(SCC(O)COc2ccccc2)N1c1ccccc1. The molecular weight excluding hydrogens is 376 g/mol. The Morgan fingerprint density at radius 2 is 1.89 bits per heavy atom. The largest absolute Gasteiger partial charge is 0.491 e. The van der Waals surface area contributed by atoms with Gasteiger partial charge in [0, 0.05) is 12.3 Å². The number of amides is 1. The van der Waals surface area contributed by atoms with E-state index in [0.717, 1.165) is 5.69 Å². The van der Waals surface area contributed by atoms with E-state index in [1.54, 1.807) is 4.90 Å². The van der Waals surface area contributed by atoms with E-state index < -0.39 is 6.10 Å². The van der Waals surface area contributed by atoms with Crippen LogP contribution in [0.1, 0.15) is 0 Å². The molecule has 2 aromatic carbocycles. The molecule has 3 atom stereocenters. The van der Waals surface area contributed by atoms with Gasteiger partial charge in [-0.3, -0.25) is 15.1 Å². The third-order valence-electron chi connectivity index (χ3n) is 4.54. The summed E-state index contributed by atoms with van der Waals surface area (Å²) in [4.78, 5) is 19.4. The van der Waals surface area contributed by atoms with E-state index in [0.29, 0.717) is 23.2 Å². The summed E-state index contributed by atoms with van der Waals surface area (Å²) >= 11 is 1.35. The molecule has 0 radical (unpaired) electrons. The van der Waals surface area contributed by atoms with Gasteiger partial charge in [-0.05, 0) is 24.3 Å². The predicted octanol–water partition coefficient (Wildman–Crippen LogP) is 1.61. The normalized spacial score (nSPS) is 22.5. The molecule has 1 amide bonds. The van der Waals surface area contributed by atoms with Crippen LogP contribution < -0.4 is 20.5 Å². The van der Waals surface area contributed by atoms with Crippen molar-refractivity contribution < 1.29 is 14.6 Å². The maximum absolute atomic E-state index is 13.0. The van der Waals surface area contributed by atoms with Crippen LogP contribution in [0.4, 0.5) is 5.69 Å². The number of nitrogens with one attached hydrogen (secondary N) is 2. The van der Waals surface area contributed by atoms with E-state index in [4.69, 9.17) is 9.73 Å². The van der Waals surface area contributed by atoms with Crippen LogP contribution in [0.2, 0.25) is 0 Å². The first-order chi connectivity index (χ1) is 13.7. The molecule has 8 heteroatoms. The van der Waals surface area contributed by atoms with Crippen LogP contribution in [0.15, 0.2) is 65.7 Å². The molecule has 2 aliphatic rings. The molecule has 2 aliphatic heterocycles. The number of aliphatic imine (C=N–C) groups is 1. The zero-order chi connectivity index (χ0) is 19.3. The Hall–Kier alpha value is -2.39. The molecule has 7 nitrogen and oxygen atoms in total. The van der Waals surface area contributed by atoms with Crippen molar-refractivity contribution in [1.82, 2.24) is 10.9 Å². The lowest BCUT2D eigenvalue weighted by Gasteiger charge is -2.32. The monoisotopic (exact) mass is 398 g/mol.